The quantitative estimate of drug-likeness (QED) is 0.115. The summed E-state index contributed by atoms with van der Waals surface area (Å²) in [5.74, 6) is 2.74. The van der Waals surface area contributed by atoms with E-state index in [1.165, 1.54) is 53.3 Å². The topological polar surface area (TPSA) is 41.6 Å². The number of hydrogen-bond acceptors (Lipinski definition) is 4. The highest BCUT2D eigenvalue weighted by Gasteiger charge is 2.37. The van der Waals surface area contributed by atoms with E-state index in [4.69, 9.17) is 8.83 Å². The Morgan fingerprint density at radius 2 is 1.62 bits per heavy atom. The van der Waals surface area contributed by atoms with Crippen molar-refractivity contribution in [1.29, 1.82) is 0 Å². The average Bonchev–Trinajstić information content (AvgIpc) is 3.74. The molecule has 1 radical (unpaired) electrons. The number of benzene rings is 3. The van der Waals surface area contributed by atoms with E-state index in [0.717, 1.165) is 56.8 Å². The van der Waals surface area contributed by atoms with Crippen molar-refractivity contribution >= 4 is 51.5 Å². The molecule has 4 nitrogen and oxygen atoms in total. The van der Waals surface area contributed by atoms with Gasteiger partial charge in [0.1, 0.15) is 16.7 Å². The number of rotatable bonds is 10. The monoisotopic (exact) mass is 729 g/mol. The lowest BCUT2D eigenvalue weighted by atomic mass is 9.63. The Morgan fingerprint density at radius 3 is 2.36 bits per heavy atom. The van der Waals surface area contributed by atoms with E-state index in [9.17, 15) is 0 Å². The molecule has 1 fully saturated rings. The normalized spacial score (nSPS) is 21.1. The molecule has 0 bridgehead atoms. The van der Waals surface area contributed by atoms with Crippen LogP contribution in [0.5, 0.6) is 0 Å². The molecular weight excluding hydrogens is 671 g/mol. The van der Waals surface area contributed by atoms with Crippen LogP contribution in [0.15, 0.2) is 141 Å². The lowest BCUT2D eigenvalue weighted by Crippen LogP contribution is -2.33. The van der Waals surface area contributed by atoms with Gasteiger partial charge in [0.05, 0.1) is 16.7 Å². The molecule has 3 aromatic carbocycles. The summed E-state index contributed by atoms with van der Waals surface area (Å²) in [4.78, 5) is 2.32. The molecule has 5 aromatic rings. The van der Waals surface area contributed by atoms with Crippen molar-refractivity contribution < 1.29 is 8.83 Å². The fourth-order valence-electron chi connectivity index (χ4n) is 8.84. The number of nitrogens with zero attached hydrogens (tertiary/aromatic N) is 1. The van der Waals surface area contributed by atoms with Gasteiger partial charge in [-0.15, -0.1) is 0 Å². The number of fused-ring (bicyclic) bond motifs is 5. The summed E-state index contributed by atoms with van der Waals surface area (Å²) in [6.07, 6.45) is 17.7. The van der Waals surface area contributed by atoms with Crippen molar-refractivity contribution in [2.24, 2.45) is 11.3 Å². The van der Waals surface area contributed by atoms with E-state index in [-0.39, 0.29) is 16.2 Å². The van der Waals surface area contributed by atoms with Crippen molar-refractivity contribution in [3.8, 4) is 0 Å². The molecule has 1 unspecified atom stereocenters. The van der Waals surface area contributed by atoms with Gasteiger partial charge < -0.3 is 19.1 Å². The number of nitrogens with one attached hydrogen (secondary N) is 1. The molecular formula is C50H58BN2O2. The molecule has 1 saturated carbocycles. The van der Waals surface area contributed by atoms with Crippen LogP contribution in [0.25, 0.3) is 32.9 Å². The lowest BCUT2D eigenvalue weighted by molar-refractivity contribution is 0.328. The van der Waals surface area contributed by atoms with Crippen molar-refractivity contribution in [2.75, 3.05) is 11.9 Å². The maximum Gasteiger partial charge on any atom is 0.233 e. The van der Waals surface area contributed by atoms with E-state index in [1.807, 2.05) is 36.4 Å². The number of allylic oxidation sites excluding steroid dienone is 7. The minimum atomic E-state index is 0.117. The standard InChI is InChI=1S/C50H58BN2O2/c1-11-16-36(52-42-18-15-20-44-47(42)38-17-13-14-19-43(38)54-44)22-27-53(28-23-39-37(12-2)33(3)21-24-48(39,5)6)34(4)32-51-46-30-35-29-40-41(31-45(35)55-46)50(9,10)26-25-49(40,7)8/h11-20,22-23,27,29-33,52H,1,21,24-26,28H2,2-10H3/b27-22+,34-32-,36-16+,37-12-,39-23+. The fraction of sp³-hybridized carbons (Fsp3) is 0.360. The molecule has 0 aliphatic heterocycles. The predicted molar refractivity (Wildman–Crippen MR) is 236 cm³/mol. The van der Waals surface area contributed by atoms with E-state index >= 15 is 0 Å². The van der Waals surface area contributed by atoms with Crippen molar-refractivity contribution in [3.63, 3.8) is 0 Å². The van der Waals surface area contributed by atoms with E-state index in [1.54, 1.807) is 0 Å². The number of anilines is 1. The zero-order valence-corrected chi connectivity index (χ0v) is 34.5. The predicted octanol–water partition coefficient (Wildman–Crippen LogP) is 13.2. The van der Waals surface area contributed by atoms with Crippen LogP contribution in [-0.2, 0) is 10.8 Å². The summed E-state index contributed by atoms with van der Waals surface area (Å²) in [6.45, 7) is 25.8. The molecule has 5 heteroatoms. The summed E-state index contributed by atoms with van der Waals surface area (Å²) < 4.78 is 12.7. The zero-order valence-electron chi connectivity index (χ0n) is 34.5. The first kappa shape index (κ1) is 38.4. The molecule has 7 rings (SSSR count). The van der Waals surface area contributed by atoms with Crippen molar-refractivity contribution in [2.45, 2.75) is 98.8 Å². The van der Waals surface area contributed by atoms with Crippen LogP contribution in [-0.4, -0.2) is 18.7 Å². The number of hydrogen-bond donors (Lipinski definition) is 1. The third-order valence-corrected chi connectivity index (χ3v) is 12.4. The Hall–Kier alpha value is -4.90. The van der Waals surface area contributed by atoms with Crippen LogP contribution in [0, 0.1) is 11.3 Å². The third kappa shape index (κ3) is 7.68. The average molecular weight is 730 g/mol. The molecule has 2 aromatic heterocycles. The zero-order chi connectivity index (χ0) is 39.1. The second kappa shape index (κ2) is 15.0. The Kier molecular flexibility index (Phi) is 10.5. The second-order valence-electron chi connectivity index (χ2n) is 17.7. The summed E-state index contributed by atoms with van der Waals surface area (Å²) in [6, 6.07) is 21.2. The first-order valence-electron chi connectivity index (χ1n) is 20.1. The van der Waals surface area contributed by atoms with Gasteiger partial charge in [-0.1, -0.05) is 104 Å². The second-order valence-corrected chi connectivity index (χ2v) is 17.7. The van der Waals surface area contributed by atoms with Gasteiger partial charge in [0, 0.05) is 34.9 Å². The van der Waals surface area contributed by atoms with Crippen LogP contribution >= 0.6 is 0 Å². The maximum absolute atomic E-state index is 6.51. The maximum atomic E-state index is 6.51. The van der Waals surface area contributed by atoms with E-state index < -0.39 is 0 Å². The van der Waals surface area contributed by atoms with Crippen molar-refractivity contribution in [3.05, 3.63) is 143 Å². The first-order valence-corrected chi connectivity index (χ1v) is 20.1. The molecule has 1 atom stereocenters. The van der Waals surface area contributed by atoms with Crippen molar-refractivity contribution in [1.82, 2.24) is 4.90 Å². The molecule has 0 saturated heterocycles. The summed E-state index contributed by atoms with van der Waals surface area (Å²) in [5, 5.41) is 7.02. The highest BCUT2D eigenvalue weighted by molar-refractivity contribution is 6.57. The minimum absolute atomic E-state index is 0.117. The van der Waals surface area contributed by atoms with Crippen LogP contribution in [0.3, 0.4) is 0 Å². The SMILES string of the molecule is C=C/C=C(\C=C\N(C/C=C1\C(=C/C)C(C)CCC1(C)C)/C(C)=C\[B]c1cc2cc3c(cc2o1)C(C)(C)CCC3(C)C)Nc1cccc2oc3ccccc3c12. The first-order chi connectivity index (χ1) is 26.2. The van der Waals surface area contributed by atoms with Gasteiger partial charge in [0.2, 0.25) is 7.28 Å². The van der Waals surface area contributed by atoms with Gasteiger partial charge in [-0.2, -0.15) is 0 Å². The minimum Gasteiger partial charge on any atom is -0.472 e. The Morgan fingerprint density at radius 1 is 0.891 bits per heavy atom. The highest BCUT2D eigenvalue weighted by atomic mass is 16.3. The lowest BCUT2D eigenvalue weighted by Gasteiger charge is -2.41. The Balaban J connectivity index is 1.21. The summed E-state index contributed by atoms with van der Waals surface area (Å²) >= 11 is 0. The molecule has 0 amide bonds. The molecule has 2 aliphatic carbocycles. The van der Waals surface area contributed by atoms with Gasteiger partial charge in [-0.05, 0) is 133 Å². The fourth-order valence-corrected chi connectivity index (χ4v) is 8.84. The molecule has 283 valence electrons. The molecule has 1 N–H and O–H groups in total. The van der Waals surface area contributed by atoms with Crippen LogP contribution in [0.1, 0.15) is 99.1 Å². The van der Waals surface area contributed by atoms with Crippen LogP contribution in [0.2, 0.25) is 0 Å². The van der Waals surface area contributed by atoms with E-state index in [0.29, 0.717) is 5.92 Å². The Labute approximate surface area is 329 Å². The van der Waals surface area contributed by atoms with Gasteiger partial charge in [0.15, 0.2) is 0 Å². The molecule has 55 heavy (non-hydrogen) atoms. The van der Waals surface area contributed by atoms with Gasteiger partial charge in [0.25, 0.3) is 0 Å². The number of furan rings is 2. The highest BCUT2D eigenvalue weighted by Crippen LogP contribution is 2.48. The molecule has 2 aliphatic rings. The van der Waals surface area contributed by atoms with Crippen LogP contribution in [0.4, 0.5) is 5.69 Å². The Bertz CT molecular complexity index is 2350. The van der Waals surface area contributed by atoms with Gasteiger partial charge >= 0.3 is 0 Å². The molecule has 0 spiro atoms. The number of para-hydroxylation sites is 1. The molecule has 2 heterocycles. The largest absolute Gasteiger partial charge is 0.472 e. The summed E-state index contributed by atoms with van der Waals surface area (Å²) in [5.41, 5.74) is 12.8. The van der Waals surface area contributed by atoms with E-state index in [2.05, 4.69) is 153 Å². The van der Waals surface area contributed by atoms with Gasteiger partial charge in [-0.25, -0.2) is 0 Å². The smallest absolute Gasteiger partial charge is 0.233 e. The summed E-state index contributed by atoms with van der Waals surface area (Å²) in [7, 11) is 2.12. The van der Waals surface area contributed by atoms with Crippen LogP contribution < -0.4 is 11.0 Å². The van der Waals surface area contributed by atoms with Gasteiger partial charge in [-0.3, -0.25) is 0 Å². The third-order valence-electron chi connectivity index (χ3n) is 12.4.